The van der Waals surface area contributed by atoms with E-state index in [1.54, 1.807) is 6.07 Å². The first-order valence-electron chi connectivity index (χ1n) is 11.5. The van der Waals surface area contributed by atoms with E-state index < -0.39 is 5.91 Å². The maximum Gasteiger partial charge on any atom is 0.284 e. The molecule has 2 aromatic rings. The maximum atomic E-state index is 11.4. The van der Waals surface area contributed by atoms with Crippen molar-refractivity contribution < 1.29 is 9.21 Å². The topological polar surface area (TPSA) is 98.9 Å². The molecule has 7 nitrogen and oxygen atoms in total. The molecule has 2 aliphatic heterocycles. The zero-order valence-electron chi connectivity index (χ0n) is 18.5. The summed E-state index contributed by atoms with van der Waals surface area (Å²) < 4.78 is 5.49. The molecule has 0 saturated carbocycles. The van der Waals surface area contributed by atoms with Gasteiger partial charge >= 0.3 is 0 Å². The summed E-state index contributed by atoms with van der Waals surface area (Å²) in [5.74, 6) is -0.151. The number of nitrogens with zero attached hydrogens (tertiary/aromatic N) is 4. The van der Waals surface area contributed by atoms with Crippen molar-refractivity contribution in [3.8, 4) is 6.07 Å². The molecule has 1 aromatic heterocycles. The number of nitrogens with two attached hydrogens (primary N) is 1. The van der Waals surface area contributed by atoms with Gasteiger partial charge in [-0.2, -0.15) is 5.26 Å². The SMILES string of the molecule is N#CC1=CC2C(CCCCN3CCN(c4ccc5oc(C(N)=O)cc5c4)CC3)=CN=C2C=C1. The zero-order chi connectivity index (χ0) is 22.8. The van der Waals surface area contributed by atoms with Crippen LogP contribution in [0.15, 0.2) is 69.2 Å². The van der Waals surface area contributed by atoms with Gasteiger partial charge in [-0.15, -0.1) is 0 Å². The van der Waals surface area contributed by atoms with Gasteiger partial charge in [0.25, 0.3) is 5.91 Å². The number of piperazine rings is 1. The lowest BCUT2D eigenvalue weighted by molar-refractivity contribution is 0.0976. The number of hydrogen-bond acceptors (Lipinski definition) is 6. The molecule has 2 N–H and O–H groups in total. The Bertz CT molecular complexity index is 1240. The summed E-state index contributed by atoms with van der Waals surface area (Å²) in [6.45, 7) is 5.12. The number of allylic oxidation sites excluding steroid dienone is 5. The van der Waals surface area contributed by atoms with E-state index in [9.17, 15) is 4.79 Å². The molecule has 0 spiro atoms. The smallest absolute Gasteiger partial charge is 0.284 e. The van der Waals surface area contributed by atoms with Crippen molar-refractivity contribution in [2.24, 2.45) is 16.6 Å². The van der Waals surface area contributed by atoms with E-state index in [2.05, 4.69) is 26.9 Å². The summed E-state index contributed by atoms with van der Waals surface area (Å²) in [7, 11) is 0. The van der Waals surface area contributed by atoms with Gasteiger partial charge in [-0.1, -0.05) is 6.08 Å². The summed E-state index contributed by atoms with van der Waals surface area (Å²) in [5.41, 5.74) is 10.3. The Kier molecular flexibility index (Phi) is 5.84. The minimum Gasteiger partial charge on any atom is -0.451 e. The van der Waals surface area contributed by atoms with Gasteiger partial charge in [0.15, 0.2) is 5.76 Å². The molecule has 0 radical (unpaired) electrons. The van der Waals surface area contributed by atoms with E-state index in [0.717, 1.165) is 74.3 Å². The molecular formula is C26H27N5O2. The minimum atomic E-state index is -0.544. The van der Waals surface area contributed by atoms with E-state index in [4.69, 9.17) is 15.4 Å². The van der Waals surface area contributed by atoms with Crippen molar-refractivity contribution in [2.45, 2.75) is 19.3 Å². The van der Waals surface area contributed by atoms with Crippen molar-refractivity contribution in [1.82, 2.24) is 4.90 Å². The molecule has 7 heteroatoms. The Morgan fingerprint density at radius 3 is 2.82 bits per heavy atom. The number of hydrogen-bond donors (Lipinski definition) is 1. The van der Waals surface area contributed by atoms with E-state index >= 15 is 0 Å². The Morgan fingerprint density at radius 2 is 2.03 bits per heavy atom. The van der Waals surface area contributed by atoms with Gasteiger partial charge in [0, 0.05) is 54.9 Å². The largest absolute Gasteiger partial charge is 0.451 e. The van der Waals surface area contributed by atoms with Crippen LogP contribution in [0.1, 0.15) is 29.8 Å². The first kappa shape index (κ1) is 21.2. The number of unbranched alkanes of at least 4 members (excludes halogenated alkanes) is 1. The van der Waals surface area contributed by atoms with Crippen molar-refractivity contribution in [1.29, 1.82) is 5.26 Å². The number of anilines is 1. The molecule has 0 bridgehead atoms. The van der Waals surface area contributed by atoms with Gasteiger partial charge < -0.3 is 15.1 Å². The highest BCUT2D eigenvalue weighted by atomic mass is 16.3. The normalized spacial score (nSPS) is 20.3. The highest BCUT2D eigenvalue weighted by Crippen LogP contribution is 2.30. The molecule has 1 saturated heterocycles. The molecule has 1 atom stereocenters. The summed E-state index contributed by atoms with van der Waals surface area (Å²) in [6, 6.07) is 9.97. The average Bonchev–Trinajstić information content (AvgIpc) is 3.45. The Labute approximate surface area is 193 Å². The number of nitriles is 1. The number of amides is 1. The fraction of sp³-hybridized carbons (Fsp3) is 0.346. The van der Waals surface area contributed by atoms with Crippen LogP contribution in [-0.2, 0) is 0 Å². The molecule has 1 unspecified atom stereocenters. The van der Waals surface area contributed by atoms with Crippen molar-refractivity contribution in [2.75, 3.05) is 37.6 Å². The van der Waals surface area contributed by atoms with Gasteiger partial charge in [-0.3, -0.25) is 14.7 Å². The summed E-state index contributed by atoms with van der Waals surface area (Å²) in [5, 5.41) is 10.1. The number of benzene rings is 1. The van der Waals surface area contributed by atoms with Gasteiger partial charge in [0.05, 0.1) is 11.8 Å². The second-order valence-electron chi connectivity index (χ2n) is 8.79. The predicted octanol–water partition coefficient (Wildman–Crippen LogP) is 3.80. The number of carbonyl (C=O) groups is 1. The number of fused-ring (bicyclic) bond motifs is 2. The first-order chi connectivity index (χ1) is 16.1. The third-order valence-corrected chi connectivity index (χ3v) is 6.68. The van der Waals surface area contributed by atoms with Crippen molar-refractivity contribution >= 4 is 28.3 Å². The van der Waals surface area contributed by atoms with Crippen molar-refractivity contribution in [3.63, 3.8) is 0 Å². The van der Waals surface area contributed by atoms with Gasteiger partial charge in [0.2, 0.25) is 0 Å². The van der Waals surface area contributed by atoms with Crippen LogP contribution in [0.3, 0.4) is 0 Å². The number of aliphatic imine (C=N–C) groups is 1. The minimum absolute atomic E-state index is 0.194. The molecule has 1 amide bonds. The van der Waals surface area contributed by atoms with Crippen LogP contribution in [-0.4, -0.2) is 49.2 Å². The monoisotopic (exact) mass is 441 g/mol. The maximum absolute atomic E-state index is 11.4. The predicted molar refractivity (Wildman–Crippen MR) is 129 cm³/mol. The molecule has 1 aromatic carbocycles. The zero-order valence-corrected chi connectivity index (χ0v) is 18.5. The van der Waals surface area contributed by atoms with E-state index in [1.165, 1.54) is 5.57 Å². The molecule has 1 aliphatic carbocycles. The fourth-order valence-electron chi connectivity index (χ4n) is 4.80. The summed E-state index contributed by atoms with van der Waals surface area (Å²) >= 11 is 0. The molecule has 168 valence electrons. The first-order valence-corrected chi connectivity index (χ1v) is 11.5. The Balaban J connectivity index is 1.07. The highest BCUT2D eigenvalue weighted by molar-refractivity contribution is 6.03. The van der Waals surface area contributed by atoms with Gasteiger partial charge in [-0.05, 0) is 67.8 Å². The number of furan rings is 1. The molecular weight excluding hydrogens is 414 g/mol. The van der Waals surface area contributed by atoms with Gasteiger partial charge in [-0.25, -0.2) is 0 Å². The molecule has 1 fully saturated rings. The molecule has 5 rings (SSSR count). The molecule has 3 heterocycles. The van der Waals surface area contributed by atoms with Crippen LogP contribution in [0.25, 0.3) is 11.0 Å². The van der Waals surface area contributed by atoms with Crippen LogP contribution in [0.2, 0.25) is 0 Å². The third kappa shape index (κ3) is 4.48. The van der Waals surface area contributed by atoms with E-state index in [-0.39, 0.29) is 11.7 Å². The van der Waals surface area contributed by atoms with Crippen LogP contribution in [0.4, 0.5) is 5.69 Å². The lowest BCUT2D eigenvalue weighted by Gasteiger charge is -2.36. The number of rotatable bonds is 7. The number of primary amides is 1. The molecule has 3 aliphatic rings. The second kappa shape index (κ2) is 9.08. The lowest BCUT2D eigenvalue weighted by Crippen LogP contribution is -2.46. The van der Waals surface area contributed by atoms with Crippen LogP contribution >= 0.6 is 0 Å². The number of carbonyl (C=O) groups excluding carboxylic acids is 1. The summed E-state index contributed by atoms with van der Waals surface area (Å²) in [6.07, 6.45) is 11.1. The second-order valence-corrected chi connectivity index (χ2v) is 8.79. The van der Waals surface area contributed by atoms with E-state index in [0.29, 0.717) is 5.58 Å². The Morgan fingerprint density at radius 1 is 1.18 bits per heavy atom. The quantitative estimate of drug-likeness (QED) is 0.659. The van der Waals surface area contributed by atoms with Crippen LogP contribution in [0, 0.1) is 17.2 Å². The third-order valence-electron chi connectivity index (χ3n) is 6.68. The average molecular weight is 442 g/mol. The standard InChI is InChI=1S/C26H27N5O2/c27-16-18-4-6-23-22(13-18)19(17-29-23)3-1-2-8-30-9-11-31(12-10-30)21-5-7-24-20(14-21)15-25(33-24)26(28)32/h4-7,13-15,17,22H,1-3,8-12H2,(H2,28,32). The van der Waals surface area contributed by atoms with Crippen molar-refractivity contribution in [3.05, 3.63) is 65.6 Å². The van der Waals surface area contributed by atoms with Crippen LogP contribution < -0.4 is 10.6 Å². The highest BCUT2D eigenvalue weighted by Gasteiger charge is 2.24. The Hall–Kier alpha value is -3.63. The van der Waals surface area contributed by atoms with Crippen LogP contribution in [0.5, 0.6) is 0 Å². The summed E-state index contributed by atoms with van der Waals surface area (Å²) in [4.78, 5) is 20.8. The van der Waals surface area contributed by atoms with Gasteiger partial charge in [0.1, 0.15) is 5.58 Å². The lowest BCUT2D eigenvalue weighted by atomic mass is 9.87. The van der Waals surface area contributed by atoms with E-state index in [1.807, 2.05) is 36.6 Å². The fourth-order valence-corrected chi connectivity index (χ4v) is 4.80. The molecule has 33 heavy (non-hydrogen) atoms.